The van der Waals surface area contributed by atoms with Crippen LogP contribution in [0.25, 0.3) is 6.08 Å². The molecule has 1 heterocycles. The summed E-state index contributed by atoms with van der Waals surface area (Å²) in [6.45, 7) is -0.134. The maximum Gasteiger partial charge on any atom is 0.236 e. The molecule has 0 spiro atoms. The molecule has 0 bridgehead atoms. The van der Waals surface area contributed by atoms with E-state index < -0.39 is 22.2 Å². The highest BCUT2D eigenvalue weighted by atomic mass is 32.2. The van der Waals surface area contributed by atoms with Crippen LogP contribution in [0.4, 0.5) is 0 Å². The van der Waals surface area contributed by atoms with E-state index in [1.54, 1.807) is 12.1 Å². The topological polar surface area (TPSA) is 77.8 Å². The van der Waals surface area contributed by atoms with Gasteiger partial charge in [-0.25, -0.2) is 8.42 Å². The summed E-state index contributed by atoms with van der Waals surface area (Å²) in [5, 5.41) is 19.8. The van der Waals surface area contributed by atoms with E-state index in [2.05, 4.69) is 0 Å². The van der Waals surface area contributed by atoms with E-state index in [9.17, 15) is 18.6 Å². The Morgan fingerprint density at radius 1 is 1.11 bits per heavy atom. The summed E-state index contributed by atoms with van der Waals surface area (Å²) >= 11 is 0. The number of β-amino-alcohol motifs (C(OH)–C–C–N with tert-alkyl or cyclic N) is 2. The van der Waals surface area contributed by atoms with Crippen LogP contribution in [-0.4, -0.2) is 48.2 Å². The first-order valence-corrected chi connectivity index (χ1v) is 7.09. The summed E-state index contributed by atoms with van der Waals surface area (Å²) in [5.41, 5.74) is 0.779. The van der Waals surface area contributed by atoms with Gasteiger partial charge in [0.25, 0.3) is 0 Å². The summed E-state index contributed by atoms with van der Waals surface area (Å²) in [4.78, 5) is 0. The van der Waals surface area contributed by atoms with Gasteiger partial charge in [-0.1, -0.05) is 30.3 Å². The Hall–Kier alpha value is -1.21. The average molecular weight is 269 g/mol. The van der Waals surface area contributed by atoms with Crippen molar-refractivity contribution in [1.82, 2.24) is 4.31 Å². The van der Waals surface area contributed by atoms with E-state index >= 15 is 0 Å². The van der Waals surface area contributed by atoms with Crippen LogP contribution in [-0.2, 0) is 10.0 Å². The van der Waals surface area contributed by atoms with Crippen molar-refractivity contribution in [3.63, 3.8) is 0 Å². The van der Waals surface area contributed by atoms with Crippen molar-refractivity contribution in [3.8, 4) is 0 Å². The average Bonchev–Trinajstić information content (AvgIpc) is 2.70. The van der Waals surface area contributed by atoms with Crippen LogP contribution < -0.4 is 0 Å². The van der Waals surface area contributed by atoms with Gasteiger partial charge < -0.3 is 10.2 Å². The predicted octanol–water partition coefficient (Wildman–Crippen LogP) is 0.0245. The summed E-state index contributed by atoms with van der Waals surface area (Å²) < 4.78 is 24.9. The predicted molar refractivity (Wildman–Crippen MR) is 68.0 cm³/mol. The molecule has 1 aliphatic heterocycles. The molecule has 1 aliphatic rings. The summed E-state index contributed by atoms with van der Waals surface area (Å²) in [6, 6.07) is 9.06. The second-order valence-electron chi connectivity index (χ2n) is 4.21. The minimum absolute atomic E-state index is 0.0668. The second-order valence-corrected chi connectivity index (χ2v) is 6.03. The van der Waals surface area contributed by atoms with Gasteiger partial charge in [-0.15, -0.1) is 0 Å². The lowest BCUT2D eigenvalue weighted by Gasteiger charge is -2.11. The molecule has 0 amide bonds. The fraction of sp³-hybridized carbons (Fsp3) is 0.333. The first-order valence-electron chi connectivity index (χ1n) is 5.58. The SMILES string of the molecule is O=S(=O)(/C=C\c1ccccc1)N1C[C@@H](O)[C@@H](O)C1. The first-order chi connectivity index (χ1) is 8.49. The van der Waals surface area contributed by atoms with Crippen LogP contribution in [0, 0.1) is 0 Å². The van der Waals surface area contributed by atoms with Crippen LogP contribution >= 0.6 is 0 Å². The van der Waals surface area contributed by atoms with Crippen molar-refractivity contribution in [3.05, 3.63) is 41.3 Å². The molecule has 1 fully saturated rings. The Bertz CT molecular complexity index is 516. The van der Waals surface area contributed by atoms with Crippen LogP contribution in [0.1, 0.15) is 5.56 Å². The van der Waals surface area contributed by atoms with Crippen molar-refractivity contribution in [1.29, 1.82) is 0 Å². The Morgan fingerprint density at radius 2 is 1.67 bits per heavy atom. The van der Waals surface area contributed by atoms with Crippen LogP contribution in [0.3, 0.4) is 0 Å². The smallest absolute Gasteiger partial charge is 0.236 e. The number of rotatable bonds is 3. The Kier molecular flexibility index (Phi) is 3.82. The van der Waals surface area contributed by atoms with Gasteiger partial charge in [0, 0.05) is 18.5 Å². The largest absolute Gasteiger partial charge is 0.389 e. The second kappa shape index (κ2) is 5.19. The summed E-state index contributed by atoms with van der Waals surface area (Å²) in [5.74, 6) is 0. The first kappa shape index (κ1) is 13.2. The third-order valence-electron chi connectivity index (χ3n) is 2.82. The van der Waals surface area contributed by atoms with Crippen molar-refractivity contribution in [2.45, 2.75) is 12.2 Å². The van der Waals surface area contributed by atoms with E-state index in [0.717, 1.165) is 15.3 Å². The molecule has 1 aromatic rings. The molecule has 2 rings (SSSR count). The number of sulfonamides is 1. The zero-order chi connectivity index (χ0) is 13.2. The Morgan fingerprint density at radius 3 is 2.22 bits per heavy atom. The molecule has 2 atom stereocenters. The third kappa shape index (κ3) is 2.97. The van der Waals surface area contributed by atoms with E-state index in [1.165, 1.54) is 6.08 Å². The van der Waals surface area contributed by atoms with Crippen molar-refractivity contribution in [2.24, 2.45) is 0 Å². The van der Waals surface area contributed by atoms with E-state index in [1.807, 2.05) is 18.2 Å². The van der Waals surface area contributed by atoms with Gasteiger partial charge in [0.2, 0.25) is 10.0 Å². The fourth-order valence-electron chi connectivity index (χ4n) is 1.76. The summed E-state index contributed by atoms with van der Waals surface area (Å²) in [6.07, 6.45) is -0.526. The summed E-state index contributed by atoms with van der Waals surface area (Å²) in [7, 11) is -3.59. The normalized spacial score (nSPS) is 25.9. The molecule has 0 saturated carbocycles. The van der Waals surface area contributed by atoms with Gasteiger partial charge in [0.1, 0.15) is 0 Å². The van der Waals surface area contributed by atoms with Crippen LogP contribution in [0.2, 0.25) is 0 Å². The van der Waals surface area contributed by atoms with Crippen molar-refractivity contribution >= 4 is 16.1 Å². The monoisotopic (exact) mass is 269 g/mol. The molecule has 0 unspecified atom stereocenters. The zero-order valence-corrected chi connectivity index (χ0v) is 10.5. The minimum atomic E-state index is -3.59. The van der Waals surface area contributed by atoms with Crippen LogP contribution in [0.5, 0.6) is 0 Å². The highest BCUT2D eigenvalue weighted by Crippen LogP contribution is 2.16. The van der Waals surface area contributed by atoms with Crippen molar-refractivity contribution < 1.29 is 18.6 Å². The van der Waals surface area contributed by atoms with Gasteiger partial charge in [-0.3, -0.25) is 0 Å². The lowest BCUT2D eigenvalue weighted by molar-refractivity contribution is 0.0572. The molecule has 6 heteroatoms. The van der Waals surface area contributed by atoms with Gasteiger partial charge in [0.05, 0.1) is 12.2 Å². The lowest BCUT2D eigenvalue weighted by Crippen LogP contribution is -2.28. The molecule has 0 aromatic heterocycles. The number of benzene rings is 1. The standard InChI is InChI=1S/C12H15NO4S/c14-11-8-13(9-12(11)15)18(16,17)7-6-10-4-2-1-3-5-10/h1-7,11-12,14-15H,8-9H2/b7-6-/t11-,12+. The van der Waals surface area contributed by atoms with Gasteiger partial charge in [-0.05, 0) is 11.6 Å². The fourth-order valence-corrected chi connectivity index (χ4v) is 2.98. The highest BCUT2D eigenvalue weighted by molar-refractivity contribution is 7.92. The Balaban J connectivity index is 2.11. The number of hydrogen-bond acceptors (Lipinski definition) is 4. The van der Waals surface area contributed by atoms with Gasteiger partial charge in [0.15, 0.2) is 0 Å². The van der Waals surface area contributed by atoms with Crippen molar-refractivity contribution in [2.75, 3.05) is 13.1 Å². The molecule has 1 aromatic carbocycles. The molecular formula is C12H15NO4S. The molecule has 18 heavy (non-hydrogen) atoms. The van der Waals surface area contributed by atoms with E-state index in [4.69, 9.17) is 0 Å². The van der Waals surface area contributed by atoms with E-state index in [0.29, 0.717) is 0 Å². The maximum absolute atomic E-state index is 11.9. The minimum Gasteiger partial charge on any atom is -0.389 e. The third-order valence-corrected chi connectivity index (χ3v) is 4.32. The molecule has 0 aliphatic carbocycles. The molecule has 98 valence electrons. The zero-order valence-electron chi connectivity index (χ0n) is 9.68. The Labute approximate surface area is 106 Å². The molecule has 2 N–H and O–H groups in total. The molecule has 5 nitrogen and oxygen atoms in total. The number of aliphatic hydroxyl groups is 2. The number of aliphatic hydroxyl groups excluding tert-OH is 2. The van der Waals surface area contributed by atoms with Gasteiger partial charge in [-0.2, -0.15) is 4.31 Å². The molecular weight excluding hydrogens is 254 g/mol. The van der Waals surface area contributed by atoms with E-state index in [-0.39, 0.29) is 13.1 Å². The highest BCUT2D eigenvalue weighted by Gasteiger charge is 2.35. The quantitative estimate of drug-likeness (QED) is 0.811. The number of nitrogens with zero attached hydrogens (tertiary/aromatic N) is 1. The van der Waals surface area contributed by atoms with Crippen LogP contribution in [0.15, 0.2) is 35.7 Å². The molecule has 1 saturated heterocycles. The maximum atomic E-state index is 11.9. The van der Waals surface area contributed by atoms with Gasteiger partial charge >= 0.3 is 0 Å². The number of hydrogen-bond donors (Lipinski definition) is 2. The molecule has 0 radical (unpaired) electrons. The lowest BCUT2D eigenvalue weighted by atomic mass is 10.2.